The molecular weight excluding hydrogens is 525 g/mol. The number of rotatable bonds is 5. The predicted molar refractivity (Wildman–Crippen MR) is 137 cm³/mol. The summed E-state index contributed by atoms with van der Waals surface area (Å²) in [6.07, 6.45) is -1.22. The van der Waals surface area contributed by atoms with Crippen LogP contribution in [0.2, 0.25) is 0 Å². The number of hydrogen-bond acceptors (Lipinski definition) is 5. The Hall–Kier alpha value is -4.92. The molecule has 3 aromatic rings. The van der Waals surface area contributed by atoms with E-state index >= 15 is 0 Å². The van der Waals surface area contributed by atoms with E-state index in [0.29, 0.717) is 11.3 Å². The molecule has 40 heavy (non-hydrogen) atoms. The standard InChI is InChI=1S/C28H23F3N6O3/c1-35-15-33-13-19(35)14-34-26(39)21-10-16(12-32)6-7-20(21)25-24-22(8-9-23(24)38)37(27(40)36(25)2)18-5-3-4-17(11-18)28(29,30)31/h3-7,10-11,13,15,25H,8-9,14H2,1-2H3,(H,34,39). The summed E-state index contributed by atoms with van der Waals surface area (Å²) in [6.45, 7) is 0.140. The first-order valence-corrected chi connectivity index (χ1v) is 12.3. The summed E-state index contributed by atoms with van der Waals surface area (Å²) in [4.78, 5) is 46.7. The maximum atomic E-state index is 13.7. The molecule has 12 heteroatoms. The SMILES string of the molecule is CN1C(=O)N(c2cccc(C(F)(F)F)c2)C2=C(C(=O)CC2)C1c1ccc(C#N)cc1C(=O)NCc1cncn1C. The number of nitriles is 1. The number of aromatic nitrogens is 2. The van der Waals surface area contributed by atoms with Crippen molar-refractivity contribution in [3.8, 4) is 6.07 Å². The Kier molecular flexibility index (Phi) is 6.67. The molecule has 3 amide bonds. The highest BCUT2D eigenvalue weighted by Crippen LogP contribution is 2.45. The third-order valence-electron chi connectivity index (χ3n) is 7.12. The van der Waals surface area contributed by atoms with Crippen LogP contribution in [0.25, 0.3) is 0 Å². The fourth-order valence-corrected chi connectivity index (χ4v) is 5.12. The number of imidazole rings is 1. The van der Waals surface area contributed by atoms with Crippen LogP contribution in [0.15, 0.2) is 66.3 Å². The number of benzene rings is 2. The third kappa shape index (κ3) is 4.59. The largest absolute Gasteiger partial charge is 0.416 e. The van der Waals surface area contributed by atoms with Crippen molar-refractivity contribution in [3.63, 3.8) is 0 Å². The van der Waals surface area contributed by atoms with Gasteiger partial charge >= 0.3 is 12.2 Å². The molecule has 1 aliphatic carbocycles. The van der Waals surface area contributed by atoms with Crippen molar-refractivity contribution in [2.45, 2.75) is 31.6 Å². The fourth-order valence-electron chi connectivity index (χ4n) is 5.12. The summed E-state index contributed by atoms with van der Waals surface area (Å²) in [5, 5.41) is 12.3. The van der Waals surface area contributed by atoms with Gasteiger partial charge in [0, 0.05) is 43.5 Å². The number of carbonyl (C=O) groups is 3. The zero-order chi connectivity index (χ0) is 28.8. The average Bonchev–Trinajstić information content (AvgIpc) is 3.52. The second kappa shape index (κ2) is 10.00. The Morgan fingerprint density at radius 2 is 1.93 bits per heavy atom. The van der Waals surface area contributed by atoms with Crippen LogP contribution in [0.5, 0.6) is 0 Å². The smallest absolute Gasteiger partial charge is 0.346 e. The van der Waals surface area contributed by atoms with Gasteiger partial charge in [0.2, 0.25) is 0 Å². The summed E-state index contributed by atoms with van der Waals surface area (Å²) in [7, 11) is 3.20. The van der Waals surface area contributed by atoms with Crippen molar-refractivity contribution in [2.75, 3.05) is 11.9 Å². The number of carbonyl (C=O) groups excluding carboxylic acids is 3. The number of nitrogens with one attached hydrogen (secondary N) is 1. The molecule has 2 heterocycles. The van der Waals surface area contributed by atoms with E-state index in [9.17, 15) is 32.8 Å². The van der Waals surface area contributed by atoms with Crippen molar-refractivity contribution in [1.82, 2.24) is 19.8 Å². The van der Waals surface area contributed by atoms with Crippen molar-refractivity contribution in [2.24, 2.45) is 7.05 Å². The first kappa shape index (κ1) is 26.7. The van der Waals surface area contributed by atoms with Gasteiger partial charge in [-0.05, 0) is 42.3 Å². The number of amides is 3. The minimum Gasteiger partial charge on any atom is -0.346 e. The van der Waals surface area contributed by atoms with Crippen LogP contribution in [-0.4, -0.2) is 39.2 Å². The number of likely N-dealkylation sites (N-methyl/N-ethyl adjacent to an activating group) is 1. The molecule has 204 valence electrons. The molecular formula is C28H23F3N6O3. The number of halogens is 3. The third-order valence-corrected chi connectivity index (χ3v) is 7.12. The Morgan fingerprint density at radius 3 is 2.60 bits per heavy atom. The molecule has 1 aliphatic heterocycles. The van der Waals surface area contributed by atoms with E-state index in [1.807, 2.05) is 6.07 Å². The first-order chi connectivity index (χ1) is 19.0. The molecule has 5 rings (SSSR count). The molecule has 1 N–H and O–H groups in total. The molecule has 0 spiro atoms. The number of Topliss-reactive ketones (excluding diaryl/α,β-unsaturated/α-hetero) is 1. The summed E-state index contributed by atoms with van der Waals surface area (Å²) in [5.41, 5.74) is 0.942. The van der Waals surface area contributed by atoms with E-state index in [1.54, 1.807) is 24.1 Å². The number of aryl methyl sites for hydroxylation is 1. The molecule has 0 bridgehead atoms. The lowest BCUT2D eigenvalue weighted by molar-refractivity contribution is -0.137. The van der Waals surface area contributed by atoms with Crippen LogP contribution < -0.4 is 10.2 Å². The highest BCUT2D eigenvalue weighted by molar-refractivity contribution is 6.09. The molecule has 1 aromatic heterocycles. The molecule has 2 aromatic carbocycles. The highest BCUT2D eigenvalue weighted by atomic mass is 19.4. The van der Waals surface area contributed by atoms with Crippen LogP contribution in [0, 0.1) is 11.3 Å². The predicted octanol–water partition coefficient (Wildman–Crippen LogP) is 4.47. The van der Waals surface area contributed by atoms with E-state index in [1.165, 1.54) is 42.3 Å². The Bertz CT molecular complexity index is 1620. The number of anilines is 1. The number of hydrogen-bond donors (Lipinski definition) is 1. The second-order valence-electron chi connectivity index (χ2n) is 9.56. The van der Waals surface area contributed by atoms with E-state index in [0.717, 1.165) is 22.7 Å². The van der Waals surface area contributed by atoms with Crippen LogP contribution in [0.1, 0.15) is 51.6 Å². The fraction of sp³-hybridized carbons (Fsp3) is 0.250. The zero-order valence-electron chi connectivity index (χ0n) is 21.5. The quantitative estimate of drug-likeness (QED) is 0.506. The number of nitrogens with zero attached hydrogens (tertiary/aromatic N) is 5. The number of alkyl halides is 3. The Balaban J connectivity index is 1.60. The summed E-state index contributed by atoms with van der Waals surface area (Å²) in [6, 6.07) is 9.16. The lowest BCUT2D eigenvalue weighted by Crippen LogP contribution is -2.48. The monoisotopic (exact) mass is 548 g/mol. The molecule has 0 radical (unpaired) electrons. The summed E-state index contributed by atoms with van der Waals surface area (Å²) >= 11 is 0. The first-order valence-electron chi connectivity index (χ1n) is 12.3. The second-order valence-corrected chi connectivity index (χ2v) is 9.56. The van der Waals surface area contributed by atoms with Gasteiger partial charge in [0.1, 0.15) is 0 Å². The van der Waals surface area contributed by atoms with Gasteiger partial charge in [0.05, 0.1) is 47.5 Å². The van der Waals surface area contributed by atoms with Gasteiger partial charge in [-0.3, -0.25) is 14.5 Å². The number of urea groups is 1. The van der Waals surface area contributed by atoms with Gasteiger partial charge in [0.15, 0.2) is 5.78 Å². The van der Waals surface area contributed by atoms with E-state index in [4.69, 9.17) is 0 Å². The van der Waals surface area contributed by atoms with E-state index < -0.39 is 29.7 Å². The van der Waals surface area contributed by atoms with Crippen LogP contribution in [0.4, 0.5) is 23.7 Å². The highest BCUT2D eigenvalue weighted by Gasteiger charge is 2.45. The maximum Gasteiger partial charge on any atom is 0.416 e. The van der Waals surface area contributed by atoms with Gasteiger partial charge in [-0.2, -0.15) is 18.4 Å². The minimum atomic E-state index is -4.62. The minimum absolute atomic E-state index is 0.0127. The van der Waals surface area contributed by atoms with Crippen LogP contribution in [-0.2, 0) is 24.6 Å². The van der Waals surface area contributed by atoms with Crippen LogP contribution in [0.3, 0.4) is 0 Å². The van der Waals surface area contributed by atoms with Crippen molar-refractivity contribution in [1.29, 1.82) is 5.26 Å². The lowest BCUT2D eigenvalue weighted by atomic mass is 9.89. The number of ketones is 1. The average molecular weight is 549 g/mol. The molecule has 0 fully saturated rings. The van der Waals surface area contributed by atoms with Gasteiger partial charge in [-0.1, -0.05) is 12.1 Å². The molecule has 9 nitrogen and oxygen atoms in total. The van der Waals surface area contributed by atoms with Gasteiger partial charge < -0.3 is 14.8 Å². The van der Waals surface area contributed by atoms with E-state index in [2.05, 4.69) is 10.3 Å². The molecule has 2 aliphatic rings. The molecule has 0 saturated heterocycles. The van der Waals surface area contributed by atoms with Crippen molar-refractivity contribution < 1.29 is 27.6 Å². The Morgan fingerprint density at radius 1 is 1.15 bits per heavy atom. The van der Waals surface area contributed by atoms with Crippen molar-refractivity contribution in [3.05, 3.63) is 94.2 Å². The molecule has 1 atom stereocenters. The zero-order valence-corrected chi connectivity index (χ0v) is 21.5. The number of allylic oxidation sites excluding steroid dienone is 1. The van der Waals surface area contributed by atoms with Crippen molar-refractivity contribution >= 4 is 23.4 Å². The van der Waals surface area contributed by atoms with E-state index in [-0.39, 0.29) is 47.6 Å². The topological polar surface area (TPSA) is 111 Å². The molecule has 0 saturated carbocycles. The van der Waals surface area contributed by atoms with Crippen LogP contribution >= 0.6 is 0 Å². The summed E-state index contributed by atoms with van der Waals surface area (Å²) < 4.78 is 42.0. The molecule has 1 unspecified atom stereocenters. The van der Waals surface area contributed by atoms with Gasteiger partial charge in [0.25, 0.3) is 5.91 Å². The summed E-state index contributed by atoms with van der Waals surface area (Å²) in [5.74, 6) is -0.802. The lowest BCUT2D eigenvalue weighted by Gasteiger charge is -2.41. The van der Waals surface area contributed by atoms with Gasteiger partial charge in [-0.15, -0.1) is 0 Å². The normalized spacial score (nSPS) is 17.2. The maximum absolute atomic E-state index is 13.7. The Labute approximate surface area is 227 Å². The van der Waals surface area contributed by atoms with Gasteiger partial charge in [-0.25, -0.2) is 9.78 Å².